The largest absolute Gasteiger partial charge is 0.385 e. The predicted molar refractivity (Wildman–Crippen MR) is 66.1 cm³/mol. The van der Waals surface area contributed by atoms with Crippen LogP contribution in [0.1, 0.15) is 25.3 Å². The van der Waals surface area contributed by atoms with Crippen LogP contribution in [0.3, 0.4) is 0 Å². The second-order valence-corrected chi connectivity index (χ2v) is 4.53. The number of carbonyl (C=O) groups is 1. The molecule has 1 atom stereocenters. The van der Waals surface area contributed by atoms with Crippen molar-refractivity contribution >= 4 is 29.0 Å². The Bertz CT molecular complexity index is 377. The molecular formula is C12H14Cl2O2. The molecule has 0 spiro atoms. The van der Waals surface area contributed by atoms with Gasteiger partial charge in [0.25, 0.3) is 0 Å². The Morgan fingerprint density at radius 3 is 2.75 bits per heavy atom. The number of halogens is 2. The zero-order valence-corrected chi connectivity index (χ0v) is 10.6. The Balaban J connectivity index is 2.72. The summed E-state index contributed by atoms with van der Waals surface area (Å²) in [6.45, 7) is 1.92. The van der Waals surface area contributed by atoms with Crippen LogP contribution in [0.25, 0.3) is 0 Å². The predicted octanol–water partition coefficient (Wildman–Crippen LogP) is 3.27. The van der Waals surface area contributed by atoms with Gasteiger partial charge in [0.1, 0.15) is 6.10 Å². The lowest BCUT2D eigenvalue weighted by molar-refractivity contribution is -0.126. The summed E-state index contributed by atoms with van der Waals surface area (Å²) < 4.78 is 0. The number of hydrogen-bond donors (Lipinski definition) is 1. The topological polar surface area (TPSA) is 37.3 Å². The van der Waals surface area contributed by atoms with Crippen molar-refractivity contribution in [2.45, 2.75) is 32.3 Å². The number of aliphatic hydroxyl groups is 1. The standard InChI is InChI=1S/C12H14Cl2O2/c1-2-3-11(15)12(16)7-8-6-9(13)4-5-10(8)14/h4-6,11,15H,2-3,7H2,1H3. The lowest BCUT2D eigenvalue weighted by atomic mass is 10.0. The van der Waals surface area contributed by atoms with Gasteiger partial charge in [0.15, 0.2) is 5.78 Å². The maximum Gasteiger partial charge on any atom is 0.165 e. The second kappa shape index (κ2) is 6.24. The first-order valence-corrected chi connectivity index (χ1v) is 5.95. The van der Waals surface area contributed by atoms with Crippen LogP contribution in [0.15, 0.2) is 18.2 Å². The number of Topliss-reactive ketones (excluding diaryl/α,β-unsaturated/α-hetero) is 1. The van der Waals surface area contributed by atoms with Crippen LogP contribution < -0.4 is 0 Å². The first-order chi connectivity index (χ1) is 7.54. The Kier molecular flexibility index (Phi) is 5.26. The molecule has 0 aromatic heterocycles. The van der Waals surface area contributed by atoms with E-state index in [1.807, 2.05) is 6.92 Å². The maximum absolute atomic E-state index is 11.6. The van der Waals surface area contributed by atoms with Crippen molar-refractivity contribution in [3.63, 3.8) is 0 Å². The number of rotatable bonds is 5. The average Bonchev–Trinajstić information content (AvgIpc) is 2.23. The van der Waals surface area contributed by atoms with E-state index in [2.05, 4.69) is 0 Å². The molecule has 0 aliphatic carbocycles. The second-order valence-electron chi connectivity index (χ2n) is 3.68. The van der Waals surface area contributed by atoms with E-state index in [1.54, 1.807) is 18.2 Å². The molecule has 0 saturated carbocycles. The fourth-order valence-corrected chi connectivity index (χ4v) is 1.80. The third-order valence-corrected chi connectivity index (χ3v) is 2.91. The highest BCUT2D eigenvalue weighted by Gasteiger charge is 2.15. The minimum absolute atomic E-state index is 0.126. The number of aliphatic hydroxyl groups excluding tert-OH is 1. The highest BCUT2D eigenvalue weighted by atomic mass is 35.5. The molecule has 0 saturated heterocycles. The highest BCUT2D eigenvalue weighted by Crippen LogP contribution is 2.21. The fourth-order valence-electron chi connectivity index (χ4n) is 1.42. The summed E-state index contributed by atoms with van der Waals surface area (Å²) in [6, 6.07) is 4.97. The summed E-state index contributed by atoms with van der Waals surface area (Å²) >= 11 is 11.7. The Hall–Kier alpha value is -0.570. The molecule has 4 heteroatoms. The van der Waals surface area contributed by atoms with Crippen molar-refractivity contribution in [2.75, 3.05) is 0 Å². The van der Waals surface area contributed by atoms with Gasteiger partial charge < -0.3 is 5.11 Å². The van der Waals surface area contributed by atoms with E-state index in [9.17, 15) is 9.90 Å². The van der Waals surface area contributed by atoms with Gasteiger partial charge in [-0.05, 0) is 30.2 Å². The first-order valence-electron chi connectivity index (χ1n) is 5.19. The zero-order valence-electron chi connectivity index (χ0n) is 9.04. The monoisotopic (exact) mass is 260 g/mol. The Morgan fingerprint density at radius 1 is 1.44 bits per heavy atom. The van der Waals surface area contributed by atoms with Crippen LogP contribution in [-0.4, -0.2) is 17.0 Å². The molecule has 0 radical (unpaired) electrons. The summed E-state index contributed by atoms with van der Waals surface area (Å²) in [7, 11) is 0. The van der Waals surface area contributed by atoms with Gasteiger partial charge in [-0.3, -0.25) is 4.79 Å². The number of benzene rings is 1. The molecule has 0 bridgehead atoms. The van der Waals surface area contributed by atoms with Gasteiger partial charge >= 0.3 is 0 Å². The van der Waals surface area contributed by atoms with Crippen LogP contribution in [0.2, 0.25) is 10.0 Å². The van der Waals surface area contributed by atoms with E-state index in [-0.39, 0.29) is 12.2 Å². The fraction of sp³-hybridized carbons (Fsp3) is 0.417. The molecule has 1 aromatic rings. The van der Waals surface area contributed by atoms with Crippen molar-refractivity contribution < 1.29 is 9.90 Å². The van der Waals surface area contributed by atoms with Gasteiger partial charge in [-0.15, -0.1) is 0 Å². The van der Waals surface area contributed by atoms with Crippen molar-refractivity contribution in [1.29, 1.82) is 0 Å². The van der Waals surface area contributed by atoms with Gasteiger partial charge in [0.2, 0.25) is 0 Å². The third kappa shape index (κ3) is 3.78. The lowest BCUT2D eigenvalue weighted by Gasteiger charge is -2.09. The maximum atomic E-state index is 11.6. The van der Waals surface area contributed by atoms with Crippen molar-refractivity contribution in [2.24, 2.45) is 0 Å². The Labute approximate surface area is 105 Å². The molecule has 0 amide bonds. The number of carbonyl (C=O) groups excluding carboxylic acids is 1. The molecule has 0 fully saturated rings. The van der Waals surface area contributed by atoms with Crippen LogP contribution in [-0.2, 0) is 11.2 Å². The molecule has 2 nitrogen and oxygen atoms in total. The number of hydrogen-bond acceptors (Lipinski definition) is 2. The van der Waals surface area contributed by atoms with Gasteiger partial charge in [-0.2, -0.15) is 0 Å². The quantitative estimate of drug-likeness (QED) is 0.883. The smallest absolute Gasteiger partial charge is 0.165 e. The normalized spacial score (nSPS) is 12.5. The molecule has 1 N–H and O–H groups in total. The van der Waals surface area contributed by atoms with E-state index in [1.165, 1.54) is 0 Å². The van der Waals surface area contributed by atoms with Gasteiger partial charge in [-0.25, -0.2) is 0 Å². The van der Waals surface area contributed by atoms with E-state index >= 15 is 0 Å². The van der Waals surface area contributed by atoms with E-state index in [0.717, 1.165) is 6.42 Å². The summed E-state index contributed by atoms with van der Waals surface area (Å²) in [4.78, 5) is 11.6. The van der Waals surface area contributed by atoms with Crippen molar-refractivity contribution in [3.05, 3.63) is 33.8 Å². The molecule has 1 aromatic carbocycles. The average molecular weight is 261 g/mol. The van der Waals surface area contributed by atoms with Gasteiger partial charge in [0, 0.05) is 16.5 Å². The molecule has 0 aliphatic rings. The minimum Gasteiger partial charge on any atom is -0.385 e. The third-order valence-electron chi connectivity index (χ3n) is 2.31. The zero-order chi connectivity index (χ0) is 12.1. The van der Waals surface area contributed by atoms with Crippen molar-refractivity contribution in [3.8, 4) is 0 Å². The van der Waals surface area contributed by atoms with Crippen LogP contribution in [0.4, 0.5) is 0 Å². The molecule has 1 rings (SSSR count). The van der Waals surface area contributed by atoms with Crippen LogP contribution in [0, 0.1) is 0 Å². The minimum atomic E-state index is -0.903. The van der Waals surface area contributed by atoms with E-state index in [4.69, 9.17) is 23.2 Å². The number of ketones is 1. The van der Waals surface area contributed by atoms with E-state index in [0.29, 0.717) is 22.0 Å². The summed E-state index contributed by atoms with van der Waals surface area (Å²) in [5.41, 5.74) is 0.661. The molecule has 88 valence electrons. The summed E-state index contributed by atoms with van der Waals surface area (Å²) in [5.74, 6) is -0.217. The van der Waals surface area contributed by atoms with Crippen molar-refractivity contribution in [1.82, 2.24) is 0 Å². The SMILES string of the molecule is CCCC(O)C(=O)Cc1cc(Cl)ccc1Cl. The molecule has 0 aliphatic heterocycles. The Morgan fingerprint density at radius 2 is 2.12 bits per heavy atom. The van der Waals surface area contributed by atoms with E-state index < -0.39 is 6.10 Å². The molecule has 1 unspecified atom stereocenters. The first kappa shape index (κ1) is 13.5. The molecule has 0 heterocycles. The van der Waals surface area contributed by atoms with Gasteiger partial charge in [-0.1, -0.05) is 36.5 Å². The van der Waals surface area contributed by atoms with Gasteiger partial charge in [0.05, 0.1) is 0 Å². The van der Waals surface area contributed by atoms with Crippen LogP contribution in [0.5, 0.6) is 0 Å². The summed E-state index contributed by atoms with van der Waals surface area (Å²) in [5, 5.41) is 10.6. The lowest BCUT2D eigenvalue weighted by Crippen LogP contribution is -2.22. The summed E-state index contributed by atoms with van der Waals surface area (Å²) in [6.07, 6.45) is 0.480. The molecular weight excluding hydrogens is 247 g/mol. The highest BCUT2D eigenvalue weighted by molar-refractivity contribution is 6.33. The molecule has 16 heavy (non-hydrogen) atoms. The van der Waals surface area contributed by atoms with Crippen LogP contribution >= 0.6 is 23.2 Å².